The molecule has 96 valence electrons. The summed E-state index contributed by atoms with van der Waals surface area (Å²) in [6.07, 6.45) is 1.39. The fourth-order valence-electron chi connectivity index (χ4n) is 1.63. The van der Waals surface area contributed by atoms with Crippen molar-refractivity contribution in [3.8, 4) is 0 Å². The Kier molecular flexibility index (Phi) is 3.42. The minimum absolute atomic E-state index is 0.0830. The van der Waals surface area contributed by atoms with Crippen LogP contribution in [0.3, 0.4) is 0 Å². The molecule has 0 aliphatic carbocycles. The smallest absolute Gasteiger partial charge is 0.341 e. The van der Waals surface area contributed by atoms with Crippen LogP contribution in [0, 0.1) is 5.92 Å². The Labute approximate surface area is 107 Å². The first-order valence-electron chi connectivity index (χ1n) is 5.33. The summed E-state index contributed by atoms with van der Waals surface area (Å²) in [5.74, 6) is -0.0548. The van der Waals surface area contributed by atoms with Crippen LogP contribution in [0.15, 0.2) is 23.1 Å². The summed E-state index contributed by atoms with van der Waals surface area (Å²) in [5.41, 5.74) is -1.05. The first-order chi connectivity index (χ1) is 8.52. The van der Waals surface area contributed by atoms with Gasteiger partial charge in [-0.1, -0.05) is 0 Å². The van der Waals surface area contributed by atoms with Gasteiger partial charge in [-0.25, -0.2) is 14.5 Å². The number of aromatic nitrogens is 1. The SMILES string of the molecule is CN(C(=O)C1CSC1)n1cccc(C(=O)O)c1=O. The van der Waals surface area contributed by atoms with Crippen molar-refractivity contribution in [2.75, 3.05) is 23.6 Å². The van der Waals surface area contributed by atoms with Gasteiger partial charge in [-0.3, -0.25) is 9.59 Å². The quantitative estimate of drug-likeness (QED) is 0.835. The van der Waals surface area contributed by atoms with Gasteiger partial charge in [0.1, 0.15) is 5.56 Å². The second-order valence-corrected chi connectivity index (χ2v) is 5.05. The standard InChI is InChI=1S/C11H12N2O4S/c1-12(9(14)7-5-18-6-7)13-4-2-3-8(10(13)15)11(16)17/h2-4,7H,5-6H2,1H3,(H,16,17). The number of hydrogen-bond acceptors (Lipinski definition) is 4. The van der Waals surface area contributed by atoms with Gasteiger partial charge >= 0.3 is 5.97 Å². The Hall–Kier alpha value is -1.76. The van der Waals surface area contributed by atoms with Gasteiger partial charge in [-0.05, 0) is 12.1 Å². The molecule has 0 radical (unpaired) electrons. The third-order valence-corrected chi connectivity index (χ3v) is 4.06. The van der Waals surface area contributed by atoms with Crippen molar-refractivity contribution < 1.29 is 14.7 Å². The fourth-order valence-corrected chi connectivity index (χ4v) is 2.39. The number of hydrogen-bond donors (Lipinski definition) is 1. The van der Waals surface area contributed by atoms with Gasteiger partial charge in [0.2, 0.25) is 5.91 Å². The lowest BCUT2D eigenvalue weighted by atomic mass is 10.2. The fraction of sp³-hybridized carbons (Fsp3) is 0.364. The van der Waals surface area contributed by atoms with Crippen LogP contribution in [0.25, 0.3) is 0 Å². The maximum Gasteiger partial charge on any atom is 0.341 e. The maximum absolute atomic E-state index is 12.0. The molecule has 1 aromatic rings. The van der Waals surface area contributed by atoms with Gasteiger partial charge in [0.25, 0.3) is 5.56 Å². The lowest BCUT2D eigenvalue weighted by Crippen LogP contribution is -2.49. The molecule has 0 aromatic carbocycles. The molecule has 2 heterocycles. The summed E-state index contributed by atoms with van der Waals surface area (Å²) < 4.78 is 1.04. The van der Waals surface area contributed by atoms with Crippen molar-refractivity contribution in [1.29, 1.82) is 0 Å². The van der Waals surface area contributed by atoms with Gasteiger partial charge < -0.3 is 5.11 Å². The minimum atomic E-state index is -1.30. The predicted molar refractivity (Wildman–Crippen MR) is 67.6 cm³/mol. The van der Waals surface area contributed by atoms with Gasteiger partial charge in [0, 0.05) is 24.8 Å². The zero-order chi connectivity index (χ0) is 13.3. The van der Waals surface area contributed by atoms with Gasteiger partial charge in [-0.15, -0.1) is 0 Å². The van der Waals surface area contributed by atoms with Crippen molar-refractivity contribution in [1.82, 2.24) is 4.68 Å². The highest BCUT2D eigenvalue weighted by Gasteiger charge is 2.30. The number of rotatable bonds is 3. The lowest BCUT2D eigenvalue weighted by molar-refractivity contribution is -0.122. The number of carboxylic acid groups (broad SMARTS) is 1. The Bertz CT molecular complexity index is 550. The summed E-state index contributed by atoms with van der Waals surface area (Å²) in [5, 5.41) is 10.0. The van der Waals surface area contributed by atoms with E-state index in [0.29, 0.717) is 0 Å². The Morgan fingerprint density at radius 1 is 1.50 bits per heavy atom. The molecule has 0 saturated carbocycles. The van der Waals surface area contributed by atoms with Crippen LogP contribution in [0.1, 0.15) is 10.4 Å². The van der Waals surface area contributed by atoms with Gasteiger partial charge in [0.15, 0.2) is 0 Å². The van der Waals surface area contributed by atoms with Crippen LogP contribution >= 0.6 is 11.8 Å². The highest BCUT2D eigenvalue weighted by molar-refractivity contribution is 8.00. The number of thioether (sulfide) groups is 1. The zero-order valence-electron chi connectivity index (χ0n) is 9.70. The predicted octanol–water partition coefficient (Wildman–Crippen LogP) is 0.00390. The normalized spacial score (nSPS) is 14.9. The second kappa shape index (κ2) is 4.85. The van der Waals surface area contributed by atoms with E-state index < -0.39 is 11.5 Å². The number of aromatic carboxylic acids is 1. The molecular formula is C11H12N2O4S. The molecule has 1 aliphatic rings. The Balaban J connectivity index is 2.33. The molecule has 0 unspecified atom stereocenters. The van der Waals surface area contributed by atoms with Crippen molar-refractivity contribution in [3.05, 3.63) is 34.2 Å². The van der Waals surface area contributed by atoms with E-state index in [2.05, 4.69) is 0 Å². The van der Waals surface area contributed by atoms with E-state index in [-0.39, 0.29) is 17.4 Å². The van der Waals surface area contributed by atoms with E-state index in [1.807, 2.05) is 0 Å². The molecule has 0 bridgehead atoms. The van der Waals surface area contributed by atoms with Crippen LogP contribution in [-0.4, -0.2) is 40.2 Å². The van der Waals surface area contributed by atoms with Crippen molar-refractivity contribution in [2.24, 2.45) is 5.92 Å². The first kappa shape index (κ1) is 12.7. The summed E-state index contributed by atoms with van der Waals surface area (Å²) >= 11 is 1.67. The zero-order valence-corrected chi connectivity index (χ0v) is 10.5. The molecule has 7 heteroatoms. The topological polar surface area (TPSA) is 79.6 Å². The summed E-state index contributed by atoms with van der Waals surface area (Å²) in [4.78, 5) is 34.7. The molecule has 6 nitrogen and oxygen atoms in total. The van der Waals surface area contributed by atoms with Crippen LogP contribution in [-0.2, 0) is 4.79 Å². The van der Waals surface area contributed by atoms with Gasteiger partial charge in [0.05, 0.1) is 5.92 Å². The number of carbonyl (C=O) groups is 2. The third kappa shape index (κ3) is 2.13. The number of carboxylic acids is 1. The summed E-state index contributed by atoms with van der Waals surface area (Å²) in [7, 11) is 1.47. The molecule has 1 amide bonds. The molecule has 2 rings (SSSR count). The van der Waals surface area contributed by atoms with Crippen molar-refractivity contribution in [2.45, 2.75) is 0 Å². The molecule has 1 N–H and O–H groups in total. The number of carbonyl (C=O) groups excluding carboxylic acids is 1. The van der Waals surface area contributed by atoms with Gasteiger partial charge in [-0.2, -0.15) is 11.8 Å². The average Bonchev–Trinajstić information content (AvgIpc) is 2.25. The van der Waals surface area contributed by atoms with E-state index in [0.717, 1.165) is 16.2 Å². The third-order valence-electron chi connectivity index (χ3n) is 2.79. The molecule has 0 spiro atoms. The highest BCUT2D eigenvalue weighted by atomic mass is 32.2. The van der Waals surface area contributed by atoms with E-state index in [1.165, 1.54) is 30.4 Å². The van der Waals surface area contributed by atoms with E-state index in [1.54, 1.807) is 11.8 Å². The monoisotopic (exact) mass is 268 g/mol. The highest BCUT2D eigenvalue weighted by Crippen LogP contribution is 2.25. The molecule has 18 heavy (non-hydrogen) atoms. The minimum Gasteiger partial charge on any atom is -0.477 e. The van der Waals surface area contributed by atoms with Crippen molar-refractivity contribution in [3.63, 3.8) is 0 Å². The second-order valence-electron chi connectivity index (χ2n) is 3.97. The van der Waals surface area contributed by atoms with E-state index in [4.69, 9.17) is 5.11 Å². The number of nitrogens with zero attached hydrogens (tertiary/aromatic N) is 2. The van der Waals surface area contributed by atoms with Crippen LogP contribution in [0.4, 0.5) is 0 Å². The first-order valence-corrected chi connectivity index (χ1v) is 6.48. The maximum atomic E-state index is 12.0. The van der Waals surface area contributed by atoms with E-state index >= 15 is 0 Å². The number of amides is 1. The molecular weight excluding hydrogens is 256 g/mol. The molecule has 0 atom stereocenters. The van der Waals surface area contributed by atoms with Crippen LogP contribution in [0.2, 0.25) is 0 Å². The van der Waals surface area contributed by atoms with Crippen LogP contribution < -0.4 is 10.6 Å². The lowest BCUT2D eigenvalue weighted by Gasteiger charge is -2.29. The average molecular weight is 268 g/mol. The molecule has 1 saturated heterocycles. The van der Waals surface area contributed by atoms with E-state index in [9.17, 15) is 14.4 Å². The summed E-state index contributed by atoms with van der Waals surface area (Å²) in [6, 6.07) is 2.66. The molecule has 1 aliphatic heterocycles. The van der Waals surface area contributed by atoms with Crippen LogP contribution in [0.5, 0.6) is 0 Å². The summed E-state index contributed by atoms with van der Waals surface area (Å²) in [6.45, 7) is 0. The largest absolute Gasteiger partial charge is 0.477 e. The molecule has 1 fully saturated rings. The Morgan fingerprint density at radius 3 is 2.67 bits per heavy atom. The number of pyridine rings is 1. The molecule has 1 aromatic heterocycles. The van der Waals surface area contributed by atoms with Crippen molar-refractivity contribution >= 4 is 23.6 Å². The Morgan fingerprint density at radius 2 is 2.17 bits per heavy atom.